The van der Waals surface area contributed by atoms with Gasteiger partial charge in [-0.2, -0.15) is 0 Å². The minimum absolute atomic E-state index is 0. The average molecular weight is 1620 g/mol. The van der Waals surface area contributed by atoms with Gasteiger partial charge in [0.2, 0.25) is 0 Å². The number of phenolic OH excluding ortho intramolecular Hbond substituents is 1. The van der Waals surface area contributed by atoms with Gasteiger partial charge in [-0.05, 0) is 80.6 Å². The number of rotatable bonds is 6. The molecule has 2 fully saturated rings. The monoisotopic (exact) mass is 1620 g/mol. The number of hydrogen-bond acceptors (Lipinski definition) is 5. The first-order valence-electron chi connectivity index (χ1n) is 16.3. The number of halogens is 8. The van der Waals surface area contributed by atoms with E-state index in [1.54, 1.807) is 12.1 Å². The maximum absolute atomic E-state index is 9.54. The molecule has 2 heterocycles. The van der Waals surface area contributed by atoms with Crippen molar-refractivity contribution in [2.45, 2.75) is 87.2 Å². The Hall–Kier alpha value is 2.20. The van der Waals surface area contributed by atoms with Gasteiger partial charge in [-0.15, -0.1) is 24.0 Å². The third-order valence-electron chi connectivity index (χ3n) is 5.62. The van der Waals surface area contributed by atoms with Crippen molar-refractivity contribution in [3.8, 4) is 11.5 Å². The minimum Gasteiger partial charge on any atom is -0.507 e. The zero-order valence-corrected chi connectivity index (χ0v) is 47.7. The number of phenols is 1. The molecule has 4 aromatic rings. The Bertz CT molecular complexity index is 1250. The minimum atomic E-state index is -0.434. The number of ether oxygens (including phenoxy) is 3. The van der Waals surface area contributed by atoms with Gasteiger partial charge < -0.3 is 24.4 Å². The van der Waals surface area contributed by atoms with E-state index in [-0.39, 0.29) is 49.7 Å². The molecule has 4 atom stereocenters. The smallest absolute Gasteiger partial charge is 0.152 e. The van der Waals surface area contributed by atoms with Crippen LogP contribution >= 0.6 is 144 Å². The Morgan fingerprint density at radius 1 is 0.615 bits per heavy atom. The standard InChI is InChI=1S/C15H13IO2.C9H10O2.C6H5IO.4C2H6.CH4.I3.I2.HI/c16-12-8-4-5-9-13(12)18-15(14-10-17-14)11-6-2-1-3-7-11;10-9(8-6-11-8)7-4-2-1-3-5-7;7-5-3-1-2-4-6(5)8;4*1-2;;1-3-2;1-2;/h1-9,14-15H,10H2;1-5,8-10H,6H2;1-4,8H;4*1-2H3;1H4;;;1H/q;;;;;;;;-1;;. The van der Waals surface area contributed by atoms with Gasteiger partial charge in [0.05, 0.1) is 20.4 Å². The fraction of sp³-hybridized carbons (Fsp3) is 0.385. The van der Waals surface area contributed by atoms with Gasteiger partial charge in [-0.3, -0.25) is 0 Å². The van der Waals surface area contributed by atoms with Crippen molar-refractivity contribution < 1.29 is 37.7 Å². The molecule has 0 aromatic heterocycles. The Balaban J connectivity index is -0.000000189. The normalized spacial score (nSPS) is 14.3. The summed E-state index contributed by atoms with van der Waals surface area (Å²) in [6.07, 6.45) is -0.223. The van der Waals surface area contributed by atoms with Gasteiger partial charge in [0.1, 0.15) is 29.8 Å². The van der Waals surface area contributed by atoms with E-state index in [0.29, 0.717) is 25.6 Å². The van der Waals surface area contributed by atoms with E-state index in [0.717, 1.165) is 25.1 Å². The molecule has 4 aromatic carbocycles. The average Bonchev–Trinajstić information content (AvgIpc) is 4.13. The van der Waals surface area contributed by atoms with Gasteiger partial charge in [-0.1, -0.05) is 148 Å². The first-order chi connectivity index (χ1) is 24.4. The number of benzene rings is 4. The van der Waals surface area contributed by atoms with Crippen LogP contribution in [0.4, 0.5) is 0 Å². The SMILES string of the molecule is C.CC.CC.CC.CC.I.II.I[I-]I.Ic1ccccc1OC(c1ccccc1)C1CO1.OC(c1ccccc1)C1CO1.Oc1ccccc1I. The molecule has 0 bridgehead atoms. The fourth-order valence-electron chi connectivity index (χ4n) is 3.46. The molecule has 0 aliphatic carbocycles. The summed E-state index contributed by atoms with van der Waals surface area (Å²) in [5.41, 5.74) is 2.11. The molecule has 2 aliphatic rings. The van der Waals surface area contributed by atoms with E-state index >= 15 is 0 Å². The molecule has 2 saturated heterocycles. The fourth-order valence-corrected chi connectivity index (χ4v) is 4.37. The molecule has 0 saturated carbocycles. The van der Waals surface area contributed by atoms with Crippen LogP contribution in [0.5, 0.6) is 11.5 Å². The maximum Gasteiger partial charge on any atom is 0.152 e. The first-order valence-corrected chi connectivity index (χ1v) is 37.3. The van der Waals surface area contributed by atoms with Crippen LogP contribution in [-0.4, -0.2) is 35.6 Å². The Labute approximate surface area is 413 Å². The molecule has 2 aliphatic heterocycles. The summed E-state index contributed by atoms with van der Waals surface area (Å²) >= 11 is 13.9. The molecule has 0 radical (unpaired) electrons. The zero-order chi connectivity index (χ0) is 38.7. The molecule has 6 rings (SSSR count). The summed E-state index contributed by atoms with van der Waals surface area (Å²) in [4.78, 5) is 0. The molecule has 300 valence electrons. The second-order valence-electron chi connectivity index (χ2n) is 8.48. The van der Waals surface area contributed by atoms with E-state index in [2.05, 4.69) is 132 Å². The van der Waals surface area contributed by atoms with Crippen molar-refractivity contribution in [3.05, 3.63) is 127 Å². The van der Waals surface area contributed by atoms with Gasteiger partial charge in [-0.25, -0.2) is 0 Å². The predicted molar refractivity (Wildman–Crippen MR) is 284 cm³/mol. The molecule has 13 heteroatoms. The second-order valence-corrected chi connectivity index (χ2v) is 27.1. The van der Waals surface area contributed by atoms with Crippen molar-refractivity contribution in [1.82, 2.24) is 0 Å². The molecule has 52 heavy (non-hydrogen) atoms. The van der Waals surface area contributed by atoms with E-state index in [4.69, 9.17) is 19.3 Å². The van der Waals surface area contributed by atoms with E-state index in [1.165, 1.54) is 5.56 Å². The van der Waals surface area contributed by atoms with Crippen molar-refractivity contribution in [1.29, 1.82) is 0 Å². The van der Waals surface area contributed by atoms with E-state index < -0.39 is 6.10 Å². The number of hydrogen-bond donors (Lipinski definition) is 2. The Morgan fingerprint density at radius 2 is 0.962 bits per heavy atom. The molecule has 0 spiro atoms. The van der Waals surface area contributed by atoms with E-state index in [1.807, 2.05) is 140 Å². The predicted octanol–water partition coefficient (Wildman–Crippen LogP) is 12.8. The molecule has 4 unspecified atom stereocenters. The number of aliphatic hydroxyl groups excluding tert-OH is 1. The van der Waals surface area contributed by atoms with Crippen molar-refractivity contribution in [3.63, 3.8) is 0 Å². The van der Waals surface area contributed by atoms with Crippen LogP contribution in [0.25, 0.3) is 0 Å². The van der Waals surface area contributed by atoms with Crippen LogP contribution in [0.3, 0.4) is 0 Å². The third-order valence-corrected chi connectivity index (χ3v) is 7.42. The van der Waals surface area contributed by atoms with Crippen LogP contribution in [0, 0.1) is 7.14 Å². The molecular weight excluding hydrogens is 1560 g/mol. The summed E-state index contributed by atoms with van der Waals surface area (Å²) in [7, 11) is 0. The number of para-hydroxylation sites is 2. The molecule has 2 N–H and O–H groups in total. The summed E-state index contributed by atoms with van der Waals surface area (Å²) in [5.74, 6) is 1.27. The molecule has 0 amide bonds. The maximum atomic E-state index is 9.54. The summed E-state index contributed by atoms with van der Waals surface area (Å²) in [6, 6.07) is 35.1. The van der Waals surface area contributed by atoms with E-state index in [9.17, 15) is 5.11 Å². The van der Waals surface area contributed by atoms with Crippen LogP contribution in [0.15, 0.2) is 109 Å². The van der Waals surface area contributed by atoms with Gasteiger partial charge >= 0.3 is 50.5 Å². The van der Waals surface area contributed by atoms with Gasteiger partial charge in [0, 0.05) is 37.2 Å². The van der Waals surface area contributed by atoms with Crippen LogP contribution in [0.2, 0.25) is 0 Å². The molecular formula is C39H57I8O5-. The topological polar surface area (TPSA) is 74.8 Å². The van der Waals surface area contributed by atoms with Gasteiger partial charge in [0.25, 0.3) is 0 Å². The number of epoxide rings is 2. The van der Waals surface area contributed by atoms with Crippen molar-refractivity contribution in [2.75, 3.05) is 13.2 Å². The second kappa shape index (κ2) is 45.9. The third kappa shape index (κ3) is 31.2. The Kier molecular flexibility index (Phi) is 55.9. The molecule has 5 nitrogen and oxygen atoms in total. The number of aliphatic hydroxyl groups is 1. The van der Waals surface area contributed by atoms with Crippen LogP contribution in [-0.2, 0) is 9.47 Å². The van der Waals surface area contributed by atoms with Gasteiger partial charge in [0.15, 0.2) is 6.10 Å². The summed E-state index contributed by atoms with van der Waals surface area (Å²) in [6.45, 7) is 17.5. The van der Waals surface area contributed by atoms with Crippen LogP contribution in [0.1, 0.15) is 86.2 Å². The summed E-state index contributed by atoms with van der Waals surface area (Å²) < 4.78 is 18.5. The number of aromatic hydroxyl groups is 1. The zero-order valence-electron chi connectivity index (χ0n) is 30.3. The van der Waals surface area contributed by atoms with Crippen LogP contribution < -0.4 is 18.0 Å². The first kappa shape index (κ1) is 63.4. The quantitative estimate of drug-likeness (QED) is 0.149. The van der Waals surface area contributed by atoms with Crippen molar-refractivity contribution >= 4 is 144 Å². The van der Waals surface area contributed by atoms with Crippen molar-refractivity contribution in [2.24, 2.45) is 0 Å². The largest absolute Gasteiger partial charge is 0.507 e. The summed E-state index contributed by atoms with van der Waals surface area (Å²) in [5, 5.41) is 18.4. The Morgan fingerprint density at radius 3 is 1.31 bits per heavy atom.